The number of hydrogen-bond acceptors (Lipinski definition) is 6. The number of carbonyl (C=O) groups is 1. The lowest BCUT2D eigenvalue weighted by Crippen LogP contribution is -2.40. The zero-order valence-electron chi connectivity index (χ0n) is 22.9. The molecule has 0 aliphatic carbocycles. The van der Waals surface area contributed by atoms with Gasteiger partial charge in [0, 0.05) is 36.8 Å². The normalized spacial score (nSPS) is 25.3. The number of aliphatic hydroxyl groups is 2. The van der Waals surface area contributed by atoms with Gasteiger partial charge in [0.15, 0.2) is 12.7 Å². The number of nitrogens with one attached hydrogen (secondary N) is 1. The van der Waals surface area contributed by atoms with Crippen molar-refractivity contribution in [2.24, 2.45) is 0 Å². The Labute approximate surface area is 231 Å². The highest BCUT2D eigenvalue weighted by Crippen LogP contribution is 2.33. The zero-order valence-corrected chi connectivity index (χ0v) is 22.9. The molecule has 0 amide bonds. The maximum Gasteiger partial charge on any atom is 0.304 e. The third-order valence-corrected chi connectivity index (χ3v) is 8.92. The first-order valence-corrected chi connectivity index (χ1v) is 14.9. The fourth-order valence-corrected chi connectivity index (χ4v) is 6.82. The molecule has 6 rings (SSSR count). The quantitative estimate of drug-likeness (QED) is 0.425. The molecule has 3 saturated heterocycles. The van der Waals surface area contributed by atoms with Crippen LogP contribution in [0.15, 0.2) is 36.4 Å². The molecule has 210 valence electrons. The van der Waals surface area contributed by atoms with Gasteiger partial charge in [-0.2, -0.15) is 0 Å². The Morgan fingerprint density at radius 3 is 3.03 bits per heavy atom. The van der Waals surface area contributed by atoms with Gasteiger partial charge >= 0.3 is 5.97 Å². The fourth-order valence-electron chi connectivity index (χ4n) is 6.82. The minimum Gasteiger partial charge on any atom is -0.481 e. The van der Waals surface area contributed by atoms with Crippen molar-refractivity contribution in [2.45, 2.75) is 75.5 Å². The van der Waals surface area contributed by atoms with Crippen molar-refractivity contribution in [3.8, 4) is 0 Å². The van der Waals surface area contributed by atoms with E-state index in [2.05, 4.69) is 56.3 Å². The van der Waals surface area contributed by atoms with E-state index >= 15 is 0 Å². The molecule has 4 aliphatic rings. The largest absolute Gasteiger partial charge is 0.481 e. The first-order chi connectivity index (χ1) is 19.1. The standard InChI is InChI=1S/C31H42N4O4/c36-30(37)16-24(23-5-1-8-26(15-23)35-19-29-17-27(35)21-39-29)20-38-28-9-4-14-34(18-28)13-3-7-25-11-10-22-6-2-12-32-31(22)33-25/h1,5,8,10-11,15,24,27-29H,2-4,6-7,9,12-14,16-21H2,(H,32,33)(H,36,37)/p+1/t24-,27?,28-,29?/m1/s1. The molecule has 3 fully saturated rings. The number of nitrogens with zero attached hydrogens (tertiary/aromatic N) is 3. The van der Waals surface area contributed by atoms with Gasteiger partial charge in [0.2, 0.25) is 0 Å². The lowest BCUT2D eigenvalue weighted by Gasteiger charge is -2.33. The number of aryl methyl sites for hydroxylation is 2. The maximum absolute atomic E-state index is 11.8. The summed E-state index contributed by atoms with van der Waals surface area (Å²) in [6.45, 7) is 6.41. The van der Waals surface area contributed by atoms with Crippen molar-refractivity contribution in [1.29, 1.82) is 0 Å². The van der Waals surface area contributed by atoms with E-state index in [1.54, 1.807) is 0 Å². The summed E-state index contributed by atoms with van der Waals surface area (Å²) >= 11 is 0. The van der Waals surface area contributed by atoms with Gasteiger partial charge in [-0.3, -0.25) is 4.79 Å². The summed E-state index contributed by atoms with van der Waals surface area (Å²) < 4.78 is 11.1. The highest BCUT2D eigenvalue weighted by Gasteiger charge is 2.43. The molecule has 0 saturated carbocycles. The molecular weight excluding hydrogens is 492 g/mol. The van der Waals surface area contributed by atoms with Crippen molar-refractivity contribution in [3.05, 3.63) is 53.2 Å². The van der Waals surface area contributed by atoms with E-state index in [1.165, 1.54) is 23.4 Å². The Morgan fingerprint density at radius 2 is 2.18 bits per heavy atom. The molecular formula is C31H43N4O4+. The fraction of sp³-hybridized carbons (Fsp3) is 0.613. The molecule has 4 atom stereocenters. The van der Waals surface area contributed by atoms with E-state index in [0.29, 0.717) is 18.8 Å². The van der Waals surface area contributed by atoms with Crippen LogP contribution < -0.4 is 10.2 Å². The summed E-state index contributed by atoms with van der Waals surface area (Å²) in [5.41, 5.74) is 4.77. The SMILES string of the molecule is O=C(O)C[C@H](CO[C@@H]1CCCN(CCCc2ccc3c(n2)NCCC3)C1)c1cccc(N2CC3CC2C[OH+]3)c1. The van der Waals surface area contributed by atoms with Crippen molar-refractivity contribution < 1.29 is 19.4 Å². The summed E-state index contributed by atoms with van der Waals surface area (Å²) in [6.07, 6.45) is 8.37. The van der Waals surface area contributed by atoms with E-state index in [9.17, 15) is 9.90 Å². The molecule has 2 unspecified atom stereocenters. The van der Waals surface area contributed by atoms with E-state index in [4.69, 9.17) is 9.72 Å². The van der Waals surface area contributed by atoms with Gasteiger partial charge in [0.25, 0.3) is 0 Å². The number of ether oxygens (including phenoxy) is 2. The molecule has 3 N–H and O–H groups in total. The summed E-state index contributed by atoms with van der Waals surface area (Å²) in [5.74, 6) is 0.158. The molecule has 1 aromatic heterocycles. The lowest BCUT2D eigenvalue weighted by atomic mass is 9.95. The van der Waals surface area contributed by atoms with Gasteiger partial charge in [-0.05, 0) is 80.9 Å². The number of likely N-dealkylation sites (tertiary alicyclic amines) is 1. The molecule has 2 bridgehead atoms. The Morgan fingerprint density at radius 1 is 1.23 bits per heavy atom. The van der Waals surface area contributed by atoms with E-state index in [0.717, 1.165) is 89.2 Å². The molecule has 2 aromatic rings. The summed E-state index contributed by atoms with van der Waals surface area (Å²) in [5, 5.41) is 13.1. The van der Waals surface area contributed by atoms with Crippen LogP contribution in [-0.4, -0.2) is 89.9 Å². The average molecular weight is 536 g/mol. The lowest BCUT2D eigenvalue weighted by molar-refractivity contribution is -0.138. The highest BCUT2D eigenvalue weighted by atomic mass is 16.5. The monoisotopic (exact) mass is 535 g/mol. The number of morpholine rings is 1. The molecule has 8 heteroatoms. The van der Waals surface area contributed by atoms with Crippen LogP contribution >= 0.6 is 0 Å². The number of carboxylic acids is 1. The van der Waals surface area contributed by atoms with Crippen LogP contribution in [0, 0.1) is 0 Å². The van der Waals surface area contributed by atoms with Crippen LogP contribution in [-0.2, 0) is 22.4 Å². The Kier molecular flexibility index (Phi) is 8.32. The summed E-state index contributed by atoms with van der Waals surface area (Å²) in [4.78, 5) is 21.6. The molecule has 39 heavy (non-hydrogen) atoms. The number of anilines is 2. The second kappa shape index (κ2) is 12.2. The van der Waals surface area contributed by atoms with Crippen LogP contribution in [0.3, 0.4) is 0 Å². The smallest absolute Gasteiger partial charge is 0.304 e. The van der Waals surface area contributed by atoms with Crippen LogP contribution in [0.25, 0.3) is 0 Å². The topological polar surface area (TPSA) is 90.7 Å². The molecule has 1 aromatic carbocycles. The maximum atomic E-state index is 11.8. The van der Waals surface area contributed by atoms with Crippen LogP contribution in [0.2, 0.25) is 0 Å². The first kappa shape index (κ1) is 26.5. The third kappa shape index (κ3) is 6.56. The number of piperidine rings is 1. The predicted octanol–water partition coefficient (Wildman–Crippen LogP) is 3.60. The minimum absolute atomic E-state index is 0.0872. The summed E-state index contributed by atoms with van der Waals surface area (Å²) in [7, 11) is 0. The Balaban J connectivity index is 1.01. The number of pyridine rings is 1. The number of aromatic nitrogens is 1. The highest BCUT2D eigenvalue weighted by molar-refractivity contribution is 5.68. The number of carboxylic acid groups (broad SMARTS) is 1. The zero-order chi connectivity index (χ0) is 26.6. The van der Waals surface area contributed by atoms with Gasteiger partial charge in [0.05, 0.1) is 25.7 Å². The molecule has 5 heterocycles. The number of fused-ring (bicyclic) bond motifs is 3. The second-order valence-corrected chi connectivity index (χ2v) is 11.8. The third-order valence-electron chi connectivity index (χ3n) is 8.92. The number of rotatable bonds is 11. The van der Waals surface area contributed by atoms with Crippen molar-refractivity contribution in [3.63, 3.8) is 0 Å². The first-order valence-electron chi connectivity index (χ1n) is 14.9. The second-order valence-electron chi connectivity index (χ2n) is 11.8. The molecule has 4 aliphatic heterocycles. The van der Waals surface area contributed by atoms with Gasteiger partial charge < -0.3 is 29.7 Å². The Bertz CT molecular complexity index is 1140. The molecule has 0 radical (unpaired) electrons. The van der Waals surface area contributed by atoms with Crippen molar-refractivity contribution >= 4 is 17.5 Å². The minimum atomic E-state index is -0.774. The van der Waals surface area contributed by atoms with Crippen LogP contribution in [0.5, 0.6) is 0 Å². The molecule has 0 spiro atoms. The van der Waals surface area contributed by atoms with Crippen molar-refractivity contribution in [1.82, 2.24) is 9.88 Å². The Hall–Kier alpha value is -2.68. The number of aliphatic carboxylic acids is 1. The van der Waals surface area contributed by atoms with Gasteiger partial charge in [-0.25, -0.2) is 4.98 Å². The number of hydrogen-bond donors (Lipinski definition) is 2. The summed E-state index contributed by atoms with van der Waals surface area (Å²) in [6, 6.07) is 13.4. The average Bonchev–Trinajstić information content (AvgIpc) is 3.60. The van der Waals surface area contributed by atoms with E-state index < -0.39 is 5.97 Å². The van der Waals surface area contributed by atoms with E-state index in [-0.39, 0.29) is 18.4 Å². The molecule has 8 nitrogen and oxygen atoms in total. The van der Waals surface area contributed by atoms with Crippen LogP contribution in [0.4, 0.5) is 11.5 Å². The predicted molar refractivity (Wildman–Crippen MR) is 153 cm³/mol. The van der Waals surface area contributed by atoms with Crippen molar-refractivity contribution in [2.75, 3.05) is 56.2 Å². The van der Waals surface area contributed by atoms with E-state index in [1.807, 2.05) is 0 Å². The number of benzene rings is 1. The van der Waals surface area contributed by atoms with Gasteiger partial charge in [-0.1, -0.05) is 18.2 Å². The van der Waals surface area contributed by atoms with Gasteiger partial charge in [-0.15, -0.1) is 0 Å². The van der Waals surface area contributed by atoms with Gasteiger partial charge in [0.1, 0.15) is 11.9 Å². The van der Waals surface area contributed by atoms with Crippen LogP contribution in [0.1, 0.15) is 61.3 Å².